The van der Waals surface area contributed by atoms with E-state index in [4.69, 9.17) is 0 Å². The van der Waals surface area contributed by atoms with Crippen LogP contribution in [0.1, 0.15) is 16.8 Å². The van der Waals surface area contributed by atoms with Crippen LogP contribution in [0.4, 0.5) is 0 Å². The standard InChI is InChI=1S/C16H16N2/c1-11-4-7-14(8-5-11)18-10-12(2)15-9-6-13(3)17-16(15)18/h4-10H,1-3H3. The van der Waals surface area contributed by atoms with E-state index in [-0.39, 0.29) is 0 Å². The van der Waals surface area contributed by atoms with Crippen LogP contribution < -0.4 is 0 Å². The van der Waals surface area contributed by atoms with Crippen molar-refractivity contribution in [3.05, 3.63) is 59.4 Å². The van der Waals surface area contributed by atoms with E-state index < -0.39 is 0 Å². The lowest BCUT2D eigenvalue weighted by Crippen LogP contribution is -1.94. The summed E-state index contributed by atoms with van der Waals surface area (Å²) in [7, 11) is 0. The van der Waals surface area contributed by atoms with Crippen molar-refractivity contribution in [3.8, 4) is 5.69 Å². The molecular formula is C16H16N2. The SMILES string of the molecule is Cc1ccc(-n2cc(C)c3ccc(C)nc32)cc1. The number of aryl methyl sites for hydroxylation is 3. The van der Waals surface area contributed by atoms with E-state index in [9.17, 15) is 0 Å². The Morgan fingerprint density at radius 2 is 1.61 bits per heavy atom. The number of hydrogen-bond donors (Lipinski definition) is 0. The first-order valence-electron chi connectivity index (χ1n) is 6.17. The smallest absolute Gasteiger partial charge is 0.144 e. The molecule has 0 aliphatic carbocycles. The Bertz CT molecular complexity index is 706. The van der Waals surface area contributed by atoms with E-state index in [0.717, 1.165) is 17.0 Å². The second-order valence-corrected chi connectivity index (χ2v) is 4.84. The fourth-order valence-corrected chi connectivity index (χ4v) is 2.26. The van der Waals surface area contributed by atoms with Crippen molar-refractivity contribution in [1.29, 1.82) is 0 Å². The minimum Gasteiger partial charge on any atom is -0.301 e. The molecule has 2 heterocycles. The monoisotopic (exact) mass is 236 g/mol. The van der Waals surface area contributed by atoms with Crippen molar-refractivity contribution in [2.75, 3.05) is 0 Å². The summed E-state index contributed by atoms with van der Waals surface area (Å²) < 4.78 is 2.16. The molecule has 0 spiro atoms. The van der Waals surface area contributed by atoms with Gasteiger partial charge in [-0.1, -0.05) is 17.7 Å². The average molecular weight is 236 g/mol. The maximum Gasteiger partial charge on any atom is 0.144 e. The number of fused-ring (bicyclic) bond motifs is 1. The van der Waals surface area contributed by atoms with Crippen LogP contribution >= 0.6 is 0 Å². The molecule has 3 aromatic rings. The summed E-state index contributed by atoms with van der Waals surface area (Å²) >= 11 is 0. The molecule has 0 N–H and O–H groups in total. The van der Waals surface area contributed by atoms with Crippen LogP contribution in [-0.4, -0.2) is 9.55 Å². The molecule has 0 radical (unpaired) electrons. The van der Waals surface area contributed by atoms with Crippen LogP contribution in [0.3, 0.4) is 0 Å². The minimum absolute atomic E-state index is 1.04. The molecule has 90 valence electrons. The van der Waals surface area contributed by atoms with E-state index in [0.29, 0.717) is 0 Å². The first kappa shape index (κ1) is 11.0. The Morgan fingerprint density at radius 1 is 0.889 bits per heavy atom. The topological polar surface area (TPSA) is 17.8 Å². The molecule has 2 nitrogen and oxygen atoms in total. The highest BCUT2D eigenvalue weighted by Crippen LogP contribution is 2.23. The van der Waals surface area contributed by atoms with Crippen molar-refractivity contribution >= 4 is 11.0 Å². The Hall–Kier alpha value is -2.09. The molecule has 2 heteroatoms. The van der Waals surface area contributed by atoms with E-state index in [1.54, 1.807) is 0 Å². The van der Waals surface area contributed by atoms with Crippen molar-refractivity contribution in [3.63, 3.8) is 0 Å². The molecule has 1 aromatic carbocycles. The lowest BCUT2D eigenvalue weighted by molar-refractivity contribution is 1.07. The molecule has 18 heavy (non-hydrogen) atoms. The Kier molecular flexibility index (Phi) is 2.44. The molecule has 0 atom stereocenters. The fourth-order valence-electron chi connectivity index (χ4n) is 2.26. The molecular weight excluding hydrogens is 220 g/mol. The summed E-state index contributed by atoms with van der Waals surface area (Å²) in [6.45, 7) is 6.26. The molecule has 0 aliphatic heterocycles. The highest BCUT2D eigenvalue weighted by molar-refractivity contribution is 5.82. The largest absolute Gasteiger partial charge is 0.301 e. The third-order valence-electron chi connectivity index (χ3n) is 3.30. The summed E-state index contributed by atoms with van der Waals surface area (Å²) in [5, 5.41) is 1.22. The third kappa shape index (κ3) is 1.70. The number of benzene rings is 1. The summed E-state index contributed by atoms with van der Waals surface area (Å²) in [5.41, 5.74) is 5.79. The second-order valence-electron chi connectivity index (χ2n) is 4.84. The van der Waals surface area contributed by atoms with Gasteiger partial charge in [0.25, 0.3) is 0 Å². The molecule has 0 saturated carbocycles. The van der Waals surface area contributed by atoms with Crippen molar-refractivity contribution in [2.45, 2.75) is 20.8 Å². The summed E-state index contributed by atoms with van der Waals surface area (Å²) in [6, 6.07) is 12.8. The van der Waals surface area contributed by atoms with Gasteiger partial charge in [0.2, 0.25) is 0 Å². The van der Waals surface area contributed by atoms with Crippen LogP contribution in [-0.2, 0) is 0 Å². The van der Waals surface area contributed by atoms with Gasteiger partial charge in [-0.2, -0.15) is 0 Å². The van der Waals surface area contributed by atoms with Crippen LogP contribution in [0.25, 0.3) is 16.7 Å². The molecule has 0 unspecified atom stereocenters. The van der Waals surface area contributed by atoms with Crippen LogP contribution in [0.5, 0.6) is 0 Å². The first-order valence-corrected chi connectivity index (χ1v) is 6.17. The van der Waals surface area contributed by atoms with Crippen LogP contribution in [0.2, 0.25) is 0 Å². The lowest BCUT2D eigenvalue weighted by Gasteiger charge is -2.05. The van der Waals surface area contributed by atoms with Gasteiger partial charge in [0, 0.05) is 23.0 Å². The molecule has 2 aromatic heterocycles. The van der Waals surface area contributed by atoms with Gasteiger partial charge >= 0.3 is 0 Å². The van der Waals surface area contributed by atoms with Crippen molar-refractivity contribution in [1.82, 2.24) is 9.55 Å². The van der Waals surface area contributed by atoms with Gasteiger partial charge in [0.05, 0.1) is 0 Å². The quantitative estimate of drug-likeness (QED) is 0.625. The van der Waals surface area contributed by atoms with Crippen molar-refractivity contribution < 1.29 is 0 Å². The molecule has 0 fully saturated rings. The maximum absolute atomic E-state index is 4.66. The molecule has 0 amide bonds. The van der Waals surface area contributed by atoms with Gasteiger partial charge in [-0.05, 0) is 50.6 Å². The van der Waals surface area contributed by atoms with Gasteiger partial charge in [0.15, 0.2) is 0 Å². The van der Waals surface area contributed by atoms with E-state index in [2.05, 4.69) is 66.0 Å². The molecule has 0 aliphatic rings. The van der Waals surface area contributed by atoms with Gasteiger partial charge in [-0.25, -0.2) is 4.98 Å². The maximum atomic E-state index is 4.66. The lowest BCUT2D eigenvalue weighted by atomic mass is 10.2. The summed E-state index contributed by atoms with van der Waals surface area (Å²) in [6.07, 6.45) is 2.15. The average Bonchev–Trinajstić information content (AvgIpc) is 2.67. The van der Waals surface area contributed by atoms with Gasteiger partial charge in [-0.15, -0.1) is 0 Å². The number of nitrogens with zero attached hydrogens (tertiary/aromatic N) is 2. The van der Waals surface area contributed by atoms with E-state index >= 15 is 0 Å². The zero-order valence-corrected chi connectivity index (χ0v) is 10.9. The Labute approximate surface area is 107 Å². The Morgan fingerprint density at radius 3 is 2.33 bits per heavy atom. The highest BCUT2D eigenvalue weighted by Gasteiger charge is 2.08. The molecule has 0 bridgehead atoms. The van der Waals surface area contributed by atoms with Gasteiger partial charge in [0.1, 0.15) is 5.65 Å². The van der Waals surface area contributed by atoms with Gasteiger partial charge in [-0.3, -0.25) is 0 Å². The Balaban J connectivity index is 2.28. The van der Waals surface area contributed by atoms with Crippen molar-refractivity contribution in [2.24, 2.45) is 0 Å². The second kappa shape index (κ2) is 3.98. The van der Waals surface area contributed by atoms with E-state index in [1.807, 2.05) is 6.92 Å². The number of pyridine rings is 1. The first-order chi connectivity index (χ1) is 8.65. The zero-order valence-electron chi connectivity index (χ0n) is 10.9. The minimum atomic E-state index is 1.04. The fraction of sp³-hybridized carbons (Fsp3) is 0.188. The van der Waals surface area contributed by atoms with E-state index in [1.165, 1.54) is 16.5 Å². The highest BCUT2D eigenvalue weighted by atomic mass is 15.0. The number of aromatic nitrogens is 2. The van der Waals surface area contributed by atoms with Gasteiger partial charge < -0.3 is 4.57 Å². The predicted octanol–water partition coefficient (Wildman–Crippen LogP) is 3.95. The van der Waals surface area contributed by atoms with Crippen LogP contribution in [0.15, 0.2) is 42.6 Å². The molecule has 3 rings (SSSR count). The van der Waals surface area contributed by atoms with Crippen LogP contribution in [0, 0.1) is 20.8 Å². The zero-order chi connectivity index (χ0) is 12.7. The normalized spacial score (nSPS) is 11.1. The third-order valence-corrected chi connectivity index (χ3v) is 3.30. The summed E-state index contributed by atoms with van der Waals surface area (Å²) in [4.78, 5) is 4.66. The summed E-state index contributed by atoms with van der Waals surface area (Å²) in [5.74, 6) is 0. The number of hydrogen-bond acceptors (Lipinski definition) is 1. The number of rotatable bonds is 1. The molecule has 0 saturated heterocycles. The predicted molar refractivity (Wildman–Crippen MR) is 75.3 cm³/mol.